The molecule has 5 heteroatoms. The molecule has 2 aromatic rings. The molecule has 0 fully saturated rings. The molecule has 0 aliphatic carbocycles. The fraction of sp³-hybridized carbons (Fsp3) is 0.364. The van der Waals surface area contributed by atoms with E-state index in [1.165, 1.54) is 8.92 Å². The van der Waals surface area contributed by atoms with Crippen molar-refractivity contribution in [2.45, 2.75) is 38.8 Å². The van der Waals surface area contributed by atoms with E-state index in [1.807, 2.05) is 12.1 Å². The van der Waals surface area contributed by atoms with Crippen LogP contribution in [-0.4, -0.2) is 51.0 Å². The van der Waals surface area contributed by atoms with E-state index < -0.39 is 0 Å². The van der Waals surface area contributed by atoms with E-state index >= 15 is 0 Å². The molecule has 0 radical (unpaired) electrons. The third-order valence-electron chi connectivity index (χ3n) is 4.39. The first-order valence-electron chi connectivity index (χ1n) is 9.15. The topological polar surface area (TPSA) is 43.2 Å². The summed E-state index contributed by atoms with van der Waals surface area (Å²) in [5.41, 5.74) is 1.86. The zero-order valence-corrected chi connectivity index (χ0v) is 17.9. The summed E-state index contributed by atoms with van der Waals surface area (Å²) in [5, 5.41) is 0. The van der Waals surface area contributed by atoms with E-state index in [9.17, 15) is 0 Å². The van der Waals surface area contributed by atoms with Gasteiger partial charge < -0.3 is 0 Å². The number of rotatable bonds is 4. The van der Waals surface area contributed by atoms with Crippen LogP contribution in [0.3, 0.4) is 0 Å². The van der Waals surface area contributed by atoms with Gasteiger partial charge in [-0.15, -0.1) is 0 Å². The van der Waals surface area contributed by atoms with Crippen molar-refractivity contribution in [3.63, 3.8) is 0 Å². The molecular weight excluding hydrogens is 403 g/mol. The molecule has 0 saturated heterocycles. The molecule has 2 aromatic carbocycles. The van der Waals surface area contributed by atoms with Crippen LogP contribution in [0.25, 0.3) is 0 Å². The SMILES string of the molecule is CC1(C)COC(c2ccccc2[Se]c2ccccc2C2=NC(C)(C)CO2)=N1. The van der Waals surface area contributed by atoms with Gasteiger partial charge in [0.05, 0.1) is 0 Å². The zero-order valence-electron chi connectivity index (χ0n) is 16.2. The maximum atomic E-state index is 5.90. The van der Waals surface area contributed by atoms with Crippen LogP contribution in [0.2, 0.25) is 0 Å². The maximum absolute atomic E-state index is 5.90. The number of benzene rings is 2. The molecule has 27 heavy (non-hydrogen) atoms. The summed E-state index contributed by atoms with van der Waals surface area (Å²) in [4.78, 5) is 9.54. The van der Waals surface area contributed by atoms with Crippen LogP contribution in [0.5, 0.6) is 0 Å². The van der Waals surface area contributed by atoms with Gasteiger partial charge in [-0.25, -0.2) is 0 Å². The minimum absolute atomic E-state index is 0.0877. The van der Waals surface area contributed by atoms with E-state index in [-0.39, 0.29) is 26.0 Å². The van der Waals surface area contributed by atoms with Crippen LogP contribution >= 0.6 is 0 Å². The van der Waals surface area contributed by atoms with Gasteiger partial charge >= 0.3 is 167 Å². The Labute approximate surface area is 166 Å². The predicted octanol–water partition coefficient (Wildman–Crippen LogP) is 2.45. The fourth-order valence-corrected chi connectivity index (χ4v) is 5.25. The number of aliphatic imine (C=N–C) groups is 2. The third kappa shape index (κ3) is 3.95. The van der Waals surface area contributed by atoms with Crippen LogP contribution < -0.4 is 8.92 Å². The van der Waals surface area contributed by atoms with Crippen LogP contribution in [-0.2, 0) is 9.47 Å². The first-order chi connectivity index (χ1) is 12.8. The molecule has 0 unspecified atom stereocenters. The Morgan fingerprint density at radius 3 is 1.48 bits per heavy atom. The van der Waals surface area contributed by atoms with Crippen molar-refractivity contribution in [3.8, 4) is 0 Å². The van der Waals surface area contributed by atoms with Gasteiger partial charge in [0.25, 0.3) is 0 Å². The standard InChI is InChI=1S/C22H24N2O2Se/c1-21(2)13-25-19(23-21)15-9-5-7-11-17(15)27-18-12-8-6-10-16(18)20-24-22(3,4)14-26-20/h5-12H,13-14H2,1-4H3. The summed E-state index contributed by atoms with van der Waals surface area (Å²) in [6.45, 7) is 9.64. The first-order valence-corrected chi connectivity index (χ1v) is 10.9. The second kappa shape index (κ2) is 6.81. The van der Waals surface area contributed by atoms with Gasteiger partial charge in [0, 0.05) is 0 Å². The summed E-state index contributed by atoms with van der Waals surface area (Å²) in [5.74, 6) is 1.51. The Bertz CT molecular complexity index is 856. The van der Waals surface area contributed by atoms with Crippen LogP contribution in [0.1, 0.15) is 38.8 Å². The molecule has 2 aliphatic rings. The number of ether oxygens (including phenoxy) is 2. The molecule has 0 spiro atoms. The van der Waals surface area contributed by atoms with E-state index in [2.05, 4.69) is 64.1 Å². The summed E-state index contributed by atoms with van der Waals surface area (Å²) in [6, 6.07) is 16.8. The fourth-order valence-electron chi connectivity index (χ4n) is 3.03. The van der Waals surface area contributed by atoms with Crippen molar-refractivity contribution in [2.24, 2.45) is 9.98 Å². The van der Waals surface area contributed by atoms with Crippen molar-refractivity contribution >= 4 is 35.7 Å². The molecule has 0 amide bonds. The summed E-state index contributed by atoms with van der Waals surface area (Å²) < 4.78 is 14.3. The second-order valence-electron chi connectivity index (χ2n) is 8.13. The molecule has 4 nitrogen and oxygen atoms in total. The Morgan fingerprint density at radius 1 is 0.704 bits per heavy atom. The second-order valence-corrected chi connectivity index (χ2v) is 10.4. The Kier molecular flexibility index (Phi) is 4.61. The average molecular weight is 427 g/mol. The normalized spacial score (nSPS) is 19.9. The molecule has 2 aliphatic heterocycles. The van der Waals surface area contributed by atoms with E-state index in [0.717, 1.165) is 22.9 Å². The Balaban J connectivity index is 1.69. The van der Waals surface area contributed by atoms with Gasteiger partial charge in [-0.2, -0.15) is 0 Å². The first kappa shape index (κ1) is 18.3. The summed E-state index contributed by atoms with van der Waals surface area (Å²) >= 11 is 0.0877. The van der Waals surface area contributed by atoms with Crippen LogP contribution in [0.15, 0.2) is 58.5 Å². The molecule has 0 saturated carbocycles. The molecule has 140 valence electrons. The van der Waals surface area contributed by atoms with Gasteiger partial charge in [0.15, 0.2) is 0 Å². The Morgan fingerprint density at radius 2 is 1.11 bits per heavy atom. The zero-order chi connectivity index (χ0) is 19.1. The molecule has 0 aromatic heterocycles. The van der Waals surface area contributed by atoms with Gasteiger partial charge in [-0.05, 0) is 0 Å². The number of hydrogen-bond acceptors (Lipinski definition) is 4. The van der Waals surface area contributed by atoms with Crippen LogP contribution in [0, 0.1) is 0 Å². The quantitative estimate of drug-likeness (QED) is 0.704. The predicted molar refractivity (Wildman–Crippen MR) is 111 cm³/mol. The molecular formula is C22H24N2O2Se. The number of nitrogens with zero attached hydrogens (tertiary/aromatic N) is 2. The summed E-state index contributed by atoms with van der Waals surface area (Å²) in [7, 11) is 0. The van der Waals surface area contributed by atoms with Crippen molar-refractivity contribution < 1.29 is 9.47 Å². The van der Waals surface area contributed by atoms with Crippen LogP contribution in [0.4, 0.5) is 0 Å². The monoisotopic (exact) mass is 428 g/mol. The van der Waals surface area contributed by atoms with E-state index in [4.69, 9.17) is 19.5 Å². The molecule has 0 bridgehead atoms. The Hall–Kier alpha value is -2.10. The molecule has 0 atom stereocenters. The molecule has 2 heterocycles. The van der Waals surface area contributed by atoms with Gasteiger partial charge in [-0.3, -0.25) is 0 Å². The molecule has 4 rings (SSSR count). The van der Waals surface area contributed by atoms with Gasteiger partial charge in [0.1, 0.15) is 0 Å². The third-order valence-corrected chi connectivity index (χ3v) is 6.80. The minimum atomic E-state index is -0.161. The van der Waals surface area contributed by atoms with Crippen molar-refractivity contribution in [2.75, 3.05) is 13.2 Å². The van der Waals surface area contributed by atoms with Crippen molar-refractivity contribution in [1.29, 1.82) is 0 Å². The van der Waals surface area contributed by atoms with E-state index in [0.29, 0.717) is 13.2 Å². The average Bonchev–Trinajstić information content (AvgIpc) is 3.17. The van der Waals surface area contributed by atoms with Gasteiger partial charge in [-0.1, -0.05) is 0 Å². The van der Waals surface area contributed by atoms with Crippen molar-refractivity contribution in [3.05, 3.63) is 59.7 Å². The number of hydrogen-bond donors (Lipinski definition) is 0. The van der Waals surface area contributed by atoms with Crippen molar-refractivity contribution in [1.82, 2.24) is 0 Å². The molecule has 0 N–H and O–H groups in total. The van der Waals surface area contributed by atoms with E-state index in [1.54, 1.807) is 0 Å². The van der Waals surface area contributed by atoms with Gasteiger partial charge in [0.2, 0.25) is 0 Å². The summed E-state index contributed by atoms with van der Waals surface area (Å²) in [6.07, 6.45) is 0.